The van der Waals surface area contributed by atoms with Crippen molar-refractivity contribution in [2.45, 2.75) is 25.4 Å². The van der Waals surface area contributed by atoms with E-state index in [0.29, 0.717) is 6.10 Å². The maximum Gasteiger partial charge on any atom is 0.145 e. The van der Waals surface area contributed by atoms with Crippen LogP contribution in [-0.2, 0) is 0 Å². The lowest BCUT2D eigenvalue weighted by atomic mass is 9.96. The van der Waals surface area contributed by atoms with E-state index < -0.39 is 0 Å². The molecule has 1 aliphatic rings. The Morgan fingerprint density at radius 1 is 1.31 bits per heavy atom. The van der Waals surface area contributed by atoms with Gasteiger partial charge in [0.25, 0.3) is 0 Å². The minimum absolute atomic E-state index is 0.312. The summed E-state index contributed by atoms with van der Waals surface area (Å²) in [6, 6.07) is 7.10. The molecule has 1 aliphatic carbocycles. The third kappa shape index (κ3) is 1.62. The number of fused-ring (bicyclic) bond motifs is 1. The van der Waals surface area contributed by atoms with E-state index in [9.17, 15) is 4.39 Å². The molecule has 3 heteroatoms. The number of ether oxygens (including phenoxy) is 1. The molecule has 2 aromatic rings. The zero-order valence-electron chi connectivity index (χ0n) is 8.82. The van der Waals surface area contributed by atoms with E-state index in [1.807, 2.05) is 18.2 Å². The third-order valence-corrected chi connectivity index (χ3v) is 2.99. The van der Waals surface area contributed by atoms with Gasteiger partial charge in [0, 0.05) is 5.39 Å². The molecule has 1 saturated carbocycles. The van der Waals surface area contributed by atoms with Crippen molar-refractivity contribution in [2.24, 2.45) is 0 Å². The lowest BCUT2D eigenvalue weighted by molar-refractivity contribution is 0.122. The van der Waals surface area contributed by atoms with Gasteiger partial charge in [0.05, 0.1) is 12.3 Å². The van der Waals surface area contributed by atoms with Crippen LogP contribution in [0.1, 0.15) is 19.3 Å². The molecule has 1 fully saturated rings. The third-order valence-electron chi connectivity index (χ3n) is 2.99. The number of nitrogens with zero attached hydrogens (tertiary/aromatic N) is 1. The Balaban J connectivity index is 2.02. The molecule has 1 aromatic heterocycles. The van der Waals surface area contributed by atoms with Gasteiger partial charge in [-0.15, -0.1) is 0 Å². The van der Waals surface area contributed by atoms with Gasteiger partial charge in [0.15, 0.2) is 0 Å². The van der Waals surface area contributed by atoms with Crippen LogP contribution >= 0.6 is 0 Å². The normalized spacial score (nSPS) is 16.1. The highest BCUT2D eigenvalue weighted by molar-refractivity contribution is 5.84. The van der Waals surface area contributed by atoms with Crippen LogP contribution in [0.2, 0.25) is 0 Å². The van der Waals surface area contributed by atoms with Crippen molar-refractivity contribution in [3.05, 3.63) is 36.3 Å². The first-order chi connectivity index (χ1) is 7.83. The molecule has 0 bridgehead atoms. The molecule has 0 spiro atoms. The summed E-state index contributed by atoms with van der Waals surface area (Å²) >= 11 is 0. The minimum atomic E-state index is -0.312. The lowest BCUT2D eigenvalue weighted by Gasteiger charge is -2.26. The van der Waals surface area contributed by atoms with Crippen LogP contribution in [0, 0.1) is 5.82 Å². The first-order valence-corrected chi connectivity index (χ1v) is 5.54. The van der Waals surface area contributed by atoms with Crippen molar-refractivity contribution < 1.29 is 9.13 Å². The molecule has 0 radical (unpaired) electrons. The molecule has 0 saturated heterocycles. The Hall–Kier alpha value is -1.64. The standard InChI is InChI=1S/C13H12FNO/c14-10-7-9-3-1-6-12(13(9)15-8-10)16-11-4-2-5-11/h1,3,6-8,11H,2,4-5H2. The Morgan fingerprint density at radius 2 is 2.19 bits per heavy atom. The van der Waals surface area contributed by atoms with Crippen LogP contribution < -0.4 is 4.74 Å². The fourth-order valence-corrected chi connectivity index (χ4v) is 1.87. The molecule has 82 valence electrons. The number of hydrogen-bond donors (Lipinski definition) is 0. The molecule has 1 heterocycles. The van der Waals surface area contributed by atoms with Crippen LogP contribution in [0.25, 0.3) is 10.9 Å². The Labute approximate surface area is 93.1 Å². The van der Waals surface area contributed by atoms with Gasteiger partial charge in [0.2, 0.25) is 0 Å². The predicted octanol–water partition coefficient (Wildman–Crippen LogP) is 3.31. The summed E-state index contributed by atoms with van der Waals surface area (Å²) in [6.07, 6.45) is 5.00. The molecule has 3 rings (SSSR count). The summed E-state index contributed by atoms with van der Waals surface area (Å²) in [5.41, 5.74) is 0.746. The average Bonchev–Trinajstić information content (AvgIpc) is 2.23. The SMILES string of the molecule is Fc1cnc2c(OC3CCC3)cccc2c1. The van der Waals surface area contributed by atoms with E-state index in [-0.39, 0.29) is 5.82 Å². The largest absolute Gasteiger partial charge is 0.488 e. The number of halogens is 1. The van der Waals surface area contributed by atoms with E-state index in [0.717, 1.165) is 29.5 Å². The second-order valence-corrected chi connectivity index (χ2v) is 4.15. The van der Waals surface area contributed by atoms with Gasteiger partial charge in [-0.1, -0.05) is 12.1 Å². The molecular formula is C13H12FNO. The molecule has 0 amide bonds. The fraction of sp³-hybridized carbons (Fsp3) is 0.308. The van der Waals surface area contributed by atoms with Crippen molar-refractivity contribution in [2.75, 3.05) is 0 Å². The number of rotatable bonds is 2. The summed E-state index contributed by atoms with van der Waals surface area (Å²) in [6.45, 7) is 0. The van der Waals surface area contributed by atoms with Gasteiger partial charge in [-0.2, -0.15) is 0 Å². The monoisotopic (exact) mass is 217 g/mol. The van der Waals surface area contributed by atoms with Gasteiger partial charge >= 0.3 is 0 Å². The van der Waals surface area contributed by atoms with Crippen molar-refractivity contribution >= 4 is 10.9 Å². The number of pyridine rings is 1. The van der Waals surface area contributed by atoms with Crippen LogP contribution in [0.4, 0.5) is 4.39 Å². The highest BCUT2D eigenvalue weighted by Gasteiger charge is 2.20. The van der Waals surface area contributed by atoms with Gasteiger partial charge in [-0.05, 0) is 31.4 Å². The molecule has 1 aromatic carbocycles. The summed E-state index contributed by atoms with van der Waals surface area (Å²) in [5.74, 6) is 0.454. The van der Waals surface area contributed by atoms with E-state index in [1.54, 1.807) is 0 Å². The fourth-order valence-electron chi connectivity index (χ4n) is 1.87. The molecule has 0 unspecified atom stereocenters. The molecular weight excluding hydrogens is 205 g/mol. The summed E-state index contributed by atoms with van der Waals surface area (Å²) in [5, 5.41) is 0.789. The van der Waals surface area contributed by atoms with Crippen LogP contribution in [0.15, 0.2) is 30.5 Å². The van der Waals surface area contributed by atoms with Gasteiger partial charge in [0.1, 0.15) is 17.1 Å². The van der Waals surface area contributed by atoms with Gasteiger partial charge in [-0.3, -0.25) is 0 Å². The first kappa shape index (κ1) is 9.58. The second-order valence-electron chi connectivity index (χ2n) is 4.15. The molecule has 0 N–H and O–H groups in total. The number of aromatic nitrogens is 1. The Bertz CT molecular complexity index is 522. The molecule has 2 nitrogen and oxygen atoms in total. The Morgan fingerprint density at radius 3 is 2.94 bits per heavy atom. The summed E-state index contributed by atoms with van der Waals surface area (Å²) in [7, 11) is 0. The molecule has 16 heavy (non-hydrogen) atoms. The summed E-state index contributed by atoms with van der Waals surface area (Å²) in [4.78, 5) is 4.09. The highest BCUT2D eigenvalue weighted by atomic mass is 19.1. The maximum absolute atomic E-state index is 13.0. The summed E-state index contributed by atoms with van der Waals surface area (Å²) < 4.78 is 18.8. The van der Waals surface area contributed by atoms with Crippen LogP contribution in [0.5, 0.6) is 5.75 Å². The van der Waals surface area contributed by atoms with E-state index in [2.05, 4.69) is 4.98 Å². The zero-order valence-corrected chi connectivity index (χ0v) is 8.82. The predicted molar refractivity (Wildman–Crippen MR) is 60.0 cm³/mol. The topological polar surface area (TPSA) is 22.1 Å². The van der Waals surface area contributed by atoms with Crippen molar-refractivity contribution in [1.29, 1.82) is 0 Å². The maximum atomic E-state index is 13.0. The smallest absolute Gasteiger partial charge is 0.145 e. The van der Waals surface area contributed by atoms with Crippen molar-refractivity contribution in [3.63, 3.8) is 0 Å². The second kappa shape index (κ2) is 3.74. The van der Waals surface area contributed by atoms with Crippen LogP contribution in [0.3, 0.4) is 0 Å². The zero-order chi connectivity index (χ0) is 11.0. The lowest BCUT2D eigenvalue weighted by Crippen LogP contribution is -2.24. The average molecular weight is 217 g/mol. The molecule has 0 aliphatic heterocycles. The van der Waals surface area contributed by atoms with Crippen molar-refractivity contribution in [3.8, 4) is 5.75 Å². The van der Waals surface area contributed by atoms with E-state index >= 15 is 0 Å². The van der Waals surface area contributed by atoms with E-state index in [4.69, 9.17) is 4.74 Å². The number of hydrogen-bond acceptors (Lipinski definition) is 2. The van der Waals surface area contributed by atoms with Gasteiger partial charge in [-0.25, -0.2) is 9.37 Å². The minimum Gasteiger partial charge on any atom is -0.488 e. The molecule has 0 atom stereocenters. The first-order valence-electron chi connectivity index (χ1n) is 5.54. The Kier molecular flexibility index (Phi) is 2.24. The van der Waals surface area contributed by atoms with E-state index in [1.165, 1.54) is 18.7 Å². The quantitative estimate of drug-likeness (QED) is 0.770. The van der Waals surface area contributed by atoms with Crippen molar-refractivity contribution in [1.82, 2.24) is 4.98 Å². The van der Waals surface area contributed by atoms with Crippen LogP contribution in [-0.4, -0.2) is 11.1 Å². The van der Waals surface area contributed by atoms with Gasteiger partial charge < -0.3 is 4.74 Å². The highest BCUT2D eigenvalue weighted by Crippen LogP contribution is 2.29. The number of benzene rings is 1. The number of para-hydroxylation sites is 1.